The van der Waals surface area contributed by atoms with Crippen LogP contribution in [0.2, 0.25) is 0 Å². The van der Waals surface area contributed by atoms with Crippen LogP contribution in [0.25, 0.3) is 0 Å². The second kappa shape index (κ2) is 15.1. The summed E-state index contributed by atoms with van der Waals surface area (Å²) in [6.07, 6.45) is 16.7. The summed E-state index contributed by atoms with van der Waals surface area (Å²) in [5.74, 6) is 1.94. The molecular formula is C35H45N3O5. The number of carbonyl (C=O) groups excluding carboxylic acids is 2. The lowest BCUT2D eigenvalue weighted by atomic mass is 9.76. The first-order valence-electron chi connectivity index (χ1n) is 16.0. The molecule has 230 valence electrons. The van der Waals surface area contributed by atoms with E-state index in [0.717, 1.165) is 81.2 Å². The number of hydrogen-bond acceptors (Lipinski definition) is 6. The average molecular weight is 588 g/mol. The molecule has 0 saturated heterocycles. The Hall–Kier alpha value is -3.81. The van der Waals surface area contributed by atoms with Gasteiger partial charge in [0.15, 0.2) is 11.5 Å². The number of allylic oxidation sites excluding steroid dienone is 2. The Morgan fingerprint density at radius 3 is 2.21 bits per heavy atom. The van der Waals surface area contributed by atoms with Crippen LogP contribution < -0.4 is 19.9 Å². The van der Waals surface area contributed by atoms with Gasteiger partial charge in [0.05, 0.1) is 38.0 Å². The second-order valence-corrected chi connectivity index (χ2v) is 11.8. The standard InChI is InChI=1S/C35H45N3O5/c1-41-31-21-18-26(24-32(31)43-23-11-5-4-10-22-42-28-19-16-25(17-20-28)34(36)39)33-29-14-8-9-15-30(29)35(40)38(37-33)27-12-6-2-3-7-13-27/h8-9,16-21,24,27,29-30H,2-7,10-15,22-23H2,1H3,(H2,36,39)/t29-,30+/m1/s1. The van der Waals surface area contributed by atoms with Gasteiger partial charge in [-0.3, -0.25) is 9.59 Å². The predicted octanol–water partition coefficient (Wildman–Crippen LogP) is 6.66. The molecule has 1 saturated carbocycles. The summed E-state index contributed by atoms with van der Waals surface area (Å²) in [4.78, 5) is 24.8. The molecule has 8 heteroatoms. The molecule has 43 heavy (non-hydrogen) atoms. The number of carbonyl (C=O) groups is 2. The van der Waals surface area contributed by atoms with Crippen LogP contribution >= 0.6 is 0 Å². The van der Waals surface area contributed by atoms with Gasteiger partial charge < -0.3 is 19.9 Å². The fraction of sp³-hybridized carbons (Fsp3) is 0.514. The fourth-order valence-electron chi connectivity index (χ4n) is 6.43. The molecule has 0 radical (unpaired) electrons. The molecule has 3 aliphatic rings. The van der Waals surface area contributed by atoms with Gasteiger partial charge in [0.1, 0.15) is 5.75 Å². The van der Waals surface area contributed by atoms with E-state index < -0.39 is 5.91 Å². The van der Waals surface area contributed by atoms with Crippen molar-refractivity contribution in [3.63, 3.8) is 0 Å². The number of methoxy groups -OCH3 is 1. The van der Waals surface area contributed by atoms with Crippen LogP contribution in [-0.2, 0) is 4.79 Å². The summed E-state index contributed by atoms with van der Waals surface area (Å²) >= 11 is 0. The van der Waals surface area contributed by atoms with E-state index in [1.54, 1.807) is 31.4 Å². The van der Waals surface area contributed by atoms with E-state index in [1.165, 1.54) is 12.8 Å². The van der Waals surface area contributed by atoms with Gasteiger partial charge in [-0.2, -0.15) is 5.10 Å². The van der Waals surface area contributed by atoms with Crippen molar-refractivity contribution in [2.45, 2.75) is 83.1 Å². The Bertz CT molecular complexity index is 1300. The molecule has 2 amide bonds. The van der Waals surface area contributed by atoms with Crippen LogP contribution in [0.3, 0.4) is 0 Å². The molecule has 0 spiro atoms. The molecule has 0 aromatic heterocycles. The molecule has 2 aliphatic carbocycles. The maximum atomic E-state index is 13.6. The first-order valence-corrected chi connectivity index (χ1v) is 16.0. The van der Waals surface area contributed by atoms with E-state index in [4.69, 9.17) is 25.0 Å². The van der Waals surface area contributed by atoms with Crippen LogP contribution in [0, 0.1) is 11.8 Å². The molecule has 2 N–H and O–H groups in total. The predicted molar refractivity (Wildman–Crippen MR) is 168 cm³/mol. The number of unbranched alkanes of at least 4 members (excludes halogenated alkanes) is 3. The largest absolute Gasteiger partial charge is 0.494 e. The van der Waals surface area contributed by atoms with Gasteiger partial charge in [-0.15, -0.1) is 0 Å². The Balaban J connectivity index is 1.17. The average Bonchev–Trinajstić information content (AvgIpc) is 3.32. The van der Waals surface area contributed by atoms with E-state index in [1.807, 2.05) is 17.1 Å². The highest BCUT2D eigenvalue weighted by Gasteiger charge is 2.42. The van der Waals surface area contributed by atoms with E-state index in [9.17, 15) is 9.59 Å². The van der Waals surface area contributed by atoms with Crippen molar-refractivity contribution in [2.24, 2.45) is 22.7 Å². The Kier molecular flexibility index (Phi) is 10.7. The van der Waals surface area contributed by atoms with Gasteiger partial charge in [0.25, 0.3) is 0 Å². The number of amides is 2. The highest BCUT2D eigenvalue weighted by Crippen LogP contribution is 2.39. The SMILES string of the molecule is COc1ccc(C2=NN(C3CCCCCC3)C(=O)[C@H]3CC=CC[C@@H]23)cc1OCCCCCCOc1ccc(C(N)=O)cc1. The summed E-state index contributed by atoms with van der Waals surface area (Å²) < 4.78 is 17.6. The van der Waals surface area contributed by atoms with E-state index in [2.05, 4.69) is 18.2 Å². The number of hydrazone groups is 1. The van der Waals surface area contributed by atoms with Gasteiger partial charge in [0, 0.05) is 17.0 Å². The van der Waals surface area contributed by atoms with Gasteiger partial charge in [0.2, 0.25) is 11.8 Å². The summed E-state index contributed by atoms with van der Waals surface area (Å²) in [7, 11) is 1.66. The molecule has 1 fully saturated rings. The van der Waals surface area contributed by atoms with E-state index >= 15 is 0 Å². The molecule has 8 nitrogen and oxygen atoms in total. The Labute approximate surface area is 255 Å². The van der Waals surface area contributed by atoms with E-state index in [-0.39, 0.29) is 23.8 Å². The van der Waals surface area contributed by atoms with E-state index in [0.29, 0.717) is 30.3 Å². The number of fused-ring (bicyclic) bond motifs is 1. The maximum absolute atomic E-state index is 13.6. The zero-order chi connectivity index (χ0) is 30.0. The third-order valence-electron chi connectivity index (χ3n) is 8.88. The third kappa shape index (κ3) is 7.78. The molecular weight excluding hydrogens is 542 g/mol. The summed E-state index contributed by atoms with van der Waals surface area (Å²) in [6.45, 7) is 1.20. The smallest absolute Gasteiger partial charge is 0.248 e. The zero-order valence-corrected chi connectivity index (χ0v) is 25.3. The third-order valence-corrected chi connectivity index (χ3v) is 8.88. The van der Waals surface area contributed by atoms with Crippen molar-refractivity contribution in [3.05, 3.63) is 65.7 Å². The van der Waals surface area contributed by atoms with Crippen molar-refractivity contribution in [1.82, 2.24) is 5.01 Å². The fourth-order valence-corrected chi connectivity index (χ4v) is 6.43. The molecule has 0 unspecified atom stereocenters. The number of primary amides is 1. The van der Waals surface area contributed by atoms with Crippen LogP contribution in [0.5, 0.6) is 17.2 Å². The maximum Gasteiger partial charge on any atom is 0.248 e. The van der Waals surface area contributed by atoms with Crippen molar-refractivity contribution in [3.8, 4) is 17.2 Å². The first-order chi connectivity index (χ1) is 21.0. The summed E-state index contributed by atoms with van der Waals surface area (Å²) in [6, 6.07) is 13.2. The minimum absolute atomic E-state index is 0.0503. The van der Waals surface area contributed by atoms with Crippen LogP contribution in [0.4, 0.5) is 0 Å². The highest BCUT2D eigenvalue weighted by atomic mass is 16.5. The lowest BCUT2D eigenvalue weighted by Crippen LogP contribution is -2.49. The number of ether oxygens (including phenoxy) is 3. The topological polar surface area (TPSA) is 103 Å². The molecule has 1 aliphatic heterocycles. The van der Waals surface area contributed by atoms with Crippen LogP contribution in [-0.4, -0.2) is 48.9 Å². The van der Waals surface area contributed by atoms with Crippen molar-refractivity contribution >= 4 is 17.5 Å². The number of nitrogens with two attached hydrogens (primary N) is 1. The Morgan fingerprint density at radius 1 is 0.860 bits per heavy atom. The van der Waals surface area contributed by atoms with Gasteiger partial charge in [-0.05, 0) is 93.8 Å². The molecule has 2 aromatic carbocycles. The quantitative estimate of drug-likeness (QED) is 0.160. The van der Waals surface area contributed by atoms with Crippen LogP contribution in [0.15, 0.2) is 59.7 Å². The number of nitrogens with zero attached hydrogens (tertiary/aromatic N) is 2. The molecule has 0 bridgehead atoms. The number of benzene rings is 2. The Morgan fingerprint density at radius 2 is 1.53 bits per heavy atom. The molecule has 2 aromatic rings. The summed E-state index contributed by atoms with van der Waals surface area (Å²) in [5, 5.41) is 6.94. The normalized spacial score (nSPS) is 20.6. The number of rotatable bonds is 13. The lowest BCUT2D eigenvalue weighted by molar-refractivity contribution is -0.140. The van der Waals surface area contributed by atoms with Crippen LogP contribution in [0.1, 0.15) is 93.0 Å². The number of hydrogen-bond donors (Lipinski definition) is 1. The highest BCUT2D eigenvalue weighted by molar-refractivity contribution is 6.07. The molecule has 2 atom stereocenters. The first kappa shape index (κ1) is 30.6. The van der Waals surface area contributed by atoms with Crippen molar-refractivity contribution in [2.75, 3.05) is 20.3 Å². The zero-order valence-electron chi connectivity index (χ0n) is 25.3. The molecule has 5 rings (SSSR count). The minimum Gasteiger partial charge on any atom is -0.494 e. The van der Waals surface area contributed by atoms with Gasteiger partial charge in [-0.25, -0.2) is 5.01 Å². The lowest BCUT2D eigenvalue weighted by Gasteiger charge is -2.40. The monoisotopic (exact) mass is 587 g/mol. The van der Waals surface area contributed by atoms with Crippen molar-refractivity contribution in [1.29, 1.82) is 0 Å². The minimum atomic E-state index is -0.440. The van der Waals surface area contributed by atoms with Gasteiger partial charge in [-0.1, -0.05) is 37.8 Å². The van der Waals surface area contributed by atoms with Crippen molar-refractivity contribution < 1.29 is 23.8 Å². The second-order valence-electron chi connectivity index (χ2n) is 11.8. The summed E-state index contributed by atoms with van der Waals surface area (Å²) in [5.41, 5.74) is 7.76. The van der Waals surface area contributed by atoms with Gasteiger partial charge >= 0.3 is 0 Å². The molecule has 1 heterocycles.